The van der Waals surface area contributed by atoms with Crippen LogP contribution in [0.15, 0.2) is 176 Å². The van der Waals surface area contributed by atoms with E-state index in [1.807, 2.05) is 6.20 Å². The molecule has 0 saturated heterocycles. The monoisotopic (exact) mass is 639 g/mol. The van der Waals surface area contributed by atoms with Gasteiger partial charge in [0, 0.05) is 68.3 Å². The molecule has 5 aromatic heterocycles. The Bertz CT molecular complexity index is 2880. The van der Waals surface area contributed by atoms with E-state index in [1.54, 1.807) is 0 Å². The van der Waals surface area contributed by atoms with E-state index < -0.39 is 0 Å². The van der Waals surface area contributed by atoms with E-state index in [-0.39, 0.29) is 0 Å². The fourth-order valence-electron chi connectivity index (χ4n) is 8.02. The molecular formula is C45H29N5. The van der Waals surface area contributed by atoms with Crippen molar-refractivity contribution in [1.29, 1.82) is 0 Å². The van der Waals surface area contributed by atoms with Gasteiger partial charge >= 0.3 is 0 Å². The van der Waals surface area contributed by atoms with Crippen LogP contribution < -0.4 is 0 Å². The molecule has 0 spiro atoms. The third-order valence-corrected chi connectivity index (χ3v) is 10.3. The zero-order valence-electron chi connectivity index (χ0n) is 27.0. The summed E-state index contributed by atoms with van der Waals surface area (Å²) in [6.45, 7) is 0. The SMILES string of the molecule is c1ccc(-n2ccc3cc4c(cc32)c2ccccc2n4-c2ccnc(-n3c4ccccc4c4cc5c(ccn5-c5ccccc5)cc43)c2)cc1. The lowest BCUT2D eigenvalue weighted by molar-refractivity contribution is 1.06. The van der Waals surface area contributed by atoms with Gasteiger partial charge in [-0.2, -0.15) is 0 Å². The van der Waals surface area contributed by atoms with Gasteiger partial charge in [0.15, 0.2) is 0 Å². The van der Waals surface area contributed by atoms with Gasteiger partial charge in [-0.05, 0) is 78.9 Å². The molecule has 0 aliphatic heterocycles. The average molecular weight is 640 g/mol. The van der Waals surface area contributed by atoms with Crippen LogP contribution in [0.25, 0.3) is 88.3 Å². The number of pyridine rings is 1. The van der Waals surface area contributed by atoms with E-state index in [4.69, 9.17) is 4.98 Å². The molecule has 0 radical (unpaired) electrons. The summed E-state index contributed by atoms with van der Waals surface area (Å²) in [5.74, 6) is 0.887. The number of rotatable bonds is 4. The molecule has 234 valence electrons. The first kappa shape index (κ1) is 27.1. The fourth-order valence-corrected chi connectivity index (χ4v) is 8.02. The quantitative estimate of drug-likeness (QED) is 0.189. The van der Waals surface area contributed by atoms with Crippen molar-refractivity contribution in [3.05, 3.63) is 176 Å². The highest BCUT2D eigenvalue weighted by molar-refractivity contribution is 6.14. The normalized spacial score (nSPS) is 12.0. The lowest BCUT2D eigenvalue weighted by Crippen LogP contribution is -2.01. The molecule has 6 aromatic carbocycles. The highest BCUT2D eigenvalue weighted by atomic mass is 15.1. The van der Waals surface area contributed by atoms with Gasteiger partial charge in [-0.15, -0.1) is 0 Å². The molecule has 11 rings (SSSR count). The lowest BCUT2D eigenvalue weighted by Gasteiger charge is -2.12. The van der Waals surface area contributed by atoms with Gasteiger partial charge in [0.25, 0.3) is 0 Å². The standard InChI is InChI=1S/C45H29N5/c1-3-11-32(12-4-1)47-23-20-30-25-43-37(28-41(30)47)35-15-7-9-17-39(35)49(43)34-19-22-46-45(27-34)50-40-18-10-8-16-36(40)38-29-42-31(26-44(38)50)21-24-48(42)33-13-5-2-6-14-33/h1-29H. The zero-order valence-corrected chi connectivity index (χ0v) is 27.0. The number of nitrogens with zero attached hydrogens (tertiary/aromatic N) is 5. The molecule has 0 saturated carbocycles. The van der Waals surface area contributed by atoms with Gasteiger partial charge in [-0.1, -0.05) is 72.8 Å². The molecule has 5 nitrogen and oxygen atoms in total. The van der Waals surface area contributed by atoms with Crippen molar-refractivity contribution in [3.8, 4) is 22.9 Å². The van der Waals surface area contributed by atoms with Crippen molar-refractivity contribution in [2.24, 2.45) is 0 Å². The van der Waals surface area contributed by atoms with E-state index in [2.05, 4.69) is 188 Å². The predicted molar refractivity (Wildman–Crippen MR) is 207 cm³/mol. The fraction of sp³-hybridized carbons (Fsp3) is 0. The molecule has 0 aliphatic carbocycles. The molecule has 5 heteroatoms. The minimum Gasteiger partial charge on any atom is -0.317 e. The van der Waals surface area contributed by atoms with Crippen LogP contribution in [0.2, 0.25) is 0 Å². The number of para-hydroxylation sites is 4. The highest BCUT2D eigenvalue weighted by Crippen LogP contribution is 2.38. The molecule has 0 fully saturated rings. The van der Waals surface area contributed by atoms with Crippen LogP contribution in [0, 0.1) is 0 Å². The minimum atomic E-state index is 0.887. The second-order valence-electron chi connectivity index (χ2n) is 13.0. The predicted octanol–water partition coefficient (Wildman–Crippen LogP) is 11.2. The van der Waals surface area contributed by atoms with Crippen LogP contribution in [-0.4, -0.2) is 23.3 Å². The maximum atomic E-state index is 5.01. The average Bonchev–Trinajstić information content (AvgIpc) is 3.94. The molecule has 0 bridgehead atoms. The molecule has 0 amide bonds. The summed E-state index contributed by atoms with van der Waals surface area (Å²) in [5, 5.41) is 7.26. The van der Waals surface area contributed by atoms with Crippen molar-refractivity contribution < 1.29 is 0 Å². The molecule has 0 unspecified atom stereocenters. The molecule has 0 N–H and O–H groups in total. The van der Waals surface area contributed by atoms with Crippen LogP contribution in [0.3, 0.4) is 0 Å². The second-order valence-corrected chi connectivity index (χ2v) is 13.0. The number of benzene rings is 6. The molecule has 11 aromatic rings. The van der Waals surface area contributed by atoms with Crippen molar-refractivity contribution in [2.45, 2.75) is 0 Å². The lowest BCUT2D eigenvalue weighted by atomic mass is 10.1. The van der Waals surface area contributed by atoms with Gasteiger partial charge in [0.1, 0.15) is 5.82 Å². The van der Waals surface area contributed by atoms with Gasteiger partial charge in [0.05, 0.1) is 38.8 Å². The van der Waals surface area contributed by atoms with Gasteiger partial charge < -0.3 is 13.7 Å². The van der Waals surface area contributed by atoms with E-state index in [9.17, 15) is 0 Å². The smallest absolute Gasteiger partial charge is 0.139 e. The molecular weight excluding hydrogens is 611 g/mol. The van der Waals surface area contributed by atoms with Gasteiger partial charge in [0.2, 0.25) is 0 Å². The first-order valence-corrected chi connectivity index (χ1v) is 17.0. The van der Waals surface area contributed by atoms with Crippen molar-refractivity contribution in [2.75, 3.05) is 0 Å². The van der Waals surface area contributed by atoms with Crippen LogP contribution in [-0.2, 0) is 0 Å². The summed E-state index contributed by atoms with van der Waals surface area (Å²) in [4.78, 5) is 5.01. The van der Waals surface area contributed by atoms with E-state index in [1.165, 1.54) is 54.4 Å². The summed E-state index contributed by atoms with van der Waals surface area (Å²) in [5.41, 5.74) is 10.4. The highest BCUT2D eigenvalue weighted by Gasteiger charge is 2.19. The third-order valence-electron chi connectivity index (χ3n) is 10.3. The molecule has 0 atom stereocenters. The first-order chi connectivity index (χ1) is 24.8. The molecule has 50 heavy (non-hydrogen) atoms. The van der Waals surface area contributed by atoms with Crippen molar-refractivity contribution in [3.63, 3.8) is 0 Å². The number of aromatic nitrogens is 5. The van der Waals surface area contributed by atoms with Crippen molar-refractivity contribution in [1.82, 2.24) is 23.3 Å². The van der Waals surface area contributed by atoms with Crippen LogP contribution in [0.5, 0.6) is 0 Å². The van der Waals surface area contributed by atoms with E-state index in [0.717, 1.165) is 33.9 Å². The summed E-state index contributed by atoms with van der Waals surface area (Å²) < 4.78 is 9.26. The van der Waals surface area contributed by atoms with E-state index in [0.29, 0.717) is 0 Å². The Hall–Kier alpha value is -6.85. The number of hydrogen-bond donors (Lipinski definition) is 0. The van der Waals surface area contributed by atoms with Crippen LogP contribution in [0.4, 0.5) is 0 Å². The Kier molecular flexibility index (Phi) is 5.60. The van der Waals surface area contributed by atoms with Crippen molar-refractivity contribution >= 4 is 65.4 Å². The summed E-state index contributed by atoms with van der Waals surface area (Å²) >= 11 is 0. The Labute approximate surface area is 287 Å². The summed E-state index contributed by atoms with van der Waals surface area (Å²) in [6, 6.07) is 56.6. The maximum absolute atomic E-state index is 5.01. The summed E-state index contributed by atoms with van der Waals surface area (Å²) in [6.07, 6.45) is 6.28. The van der Waals surface area contributed by atoms with Crippen LogP contribution in [0.1, 0.15) is 0 Å². The third kappa shape index (κ3) is 3.86. The number of hydrogen-bond acceptors (Lipinski definition) is 1. The Morgan fingerprint density at radius 3 is 1.42 bits per heavy atom. The molecule has 0 aliphatic rings. The van der Waals surface area contributed by atoms with Crippen LogP contribution >= 0.6 is 0 Å². The Morgan fingerprint density at radius 1 is 0.340 bits per heavy atom. The number of fused-ring (bicyclic) bond motifs is 8. The maximum Gasteiger partial charge on any atom is 0.139 e. The Morgan fingerprint density at radius 2 is 0.840 bits per heavy atom. The van der Waals surface area contributed by atoms with Gasteiger partial charge in [-0.3, -0.25) is 4.57 Å². The zero-order chi connectivity index (χ0) is 32.8. The topological polar surface area (TPSA) is 32.6 Å². The first-order valence-electron chi connectivity index (χ1n) is 17.0. The largest absolute Gasteiger partial charge is 0.317 e. The molecule has 5 heterocycles. The van der Waals surface area contributed by atoms with E-state index >= 15 is 0 Å². The van der Waals surface area contributed by atoms with Gasteiger partial charge in [-0.25, -0.2) is 4.98 Å². The Balaban J connectivity index is 1.14. The second kappa shape index (κ2) is 10.3. The summed E-state index contributed by atoms with van der Waals surface area (Å²) in [7, 11) is 0. The minimum absolute atomic E-state index is 0.887.